The summed E-state index contributed by atoms with van der Waals surface area (Å²) in [6, 6.07) is 10.8. The minimum absolute atomic E-state index is 0.0464. The number of rotatable bonds is 2. The summed E-state index contributed by atoms with van der Waals surface area (Å²) in [4.78, 5) is 11.7. The SMILES string of the molecule is Cc1cccc(NC(=O)Nc2cc(N)ccc2F)c1. The van der Waals surface area contributed by atoms with E-state index in [0.717, 1.165) is 5.56 Å². The number of hydrogen-bond acceptors (Lipinski definition) is 2. The third-order valence-electron chi connectivity index (χ3n) is 2.51. The van der Waals surface area contributed by atoms with Gasteiger partial charge in [-0.25, -0.2) is 9.18 Å². The molecule has 0 atom stereocenters. The van der Waals surface area contributed by atoms with Crippen LogP contribution >= 0.6 is 0 Å². The molecule has 2 aromatic carbocycles. The Morgan fingerprint density at radius 2 is 1.95 bits per heavy atom. The Kier molecular flexibility index (Phi) is 3.66. The summed E-state index contributed by atoms with van der Waals surface area (Å²) in [5.41, 5.74) is 7.63. The van der Waals surface area contributed by atoms with Crippen LogP contribution in [0.2, 0.25) is 0 Å². The zero-order valence-electron chi connectivity index (χ0n) is 10.4. The number of hydrogen-bond donors (Lipinski definition) is 3. The van der Waals surface area contributed by atoms with Gasteiger partial charge in [0.05, 0.1) is 5.69 Å². The van der Waals surface area contributed by atoms with Gasteiger partial charge >= 0.3 is 6.03 Å². The van der Waals surface area contributed by atoms with Crippen LogP contribution in [0.25, 0.3) is 0 Å². The molecule has 0 aliphatic heterocycles. The maximum atomic E-state index is 13.4. The summed E-state index contributed by atoms with van der Waals surface area (Å²) in [7, 11) is 0. The van der Waals surface area contributed by atoms with Gasteiger partial charge in [0.1, 0.15) is 5.82 Å². The van der Waals surface area contributed by atoms with E-state index in [1.54, 1.807) is 6.07 Å². The molecule has 0 saturated carbocycles. The number of nitrogen functional groups attached to an aromatic ring is 1. The van der Waals surface area contributed by atoms with Gasteiger partial charge in [0.2, 0.25) is 0 Å². The molecule has 98 valence electrons. The molecule has 0 unspecified atom stereocenters. The number of nitrogens with two attached hydrogens (primary N) is 1. The maximum absolute atomic E-state index is 13.4. The van der Waals surface area contributed by atoms with Crippen LogP contribution < -0.4 is 16.4 Å². The van der Waals surface area contributed by atoms with Crippen LogP contribution in [-0.4, -0.2) is 6.03 Å². The van der Waals surface area contributed by atoms with Crippen LogP contribution in [0.3, 0.4) is 0 Å². The van der Waals surface area contributed by atoms with Crippen molar-refractivity contribution in [2.75, 3.05) is 16.4 Å². The van der Waals surface area contributed by atoms with Crippen LogP contribution in [0.5, 0.6) is 0 Å². The number of aryl methyl sites for hydroxylation is 1. The van der Waals surface area contributed by atoms with Crippen LogP contribution in [0.4, 0.5) is 26.2 Å². The molecule has 0 aliphatic rings. The summed E-state index contributed by atoms with van der Waals surface area (Å²) in [5.74, 6) is -0.534. The minimum atomic E-state index is -0.534. The molecule has 2 amide bonds. The molecule has 2 rings (SSSR count). The Labute approximate surface area is 110 Å². The lowest BCUT2D eigenvalue weighted by molar-refractivity contribution is 0.262. The van der Waals surface area contributed by atoms with E-state index in [1.807, 2.05) is 25.1 Å². The Hall–Kier alpha value is -2.56. The number of halogens is 1. The lowest BCUT2D eigenvalue weighted by Gasteiger charge is -2.09. The number of nitrogens with one attached hydrogen (secondary N) is 2. The molecular weight excluding hydrogens is 245 g/mol. The zero-order chi connectivity index (χ0) is 13.8. The number of benzene rings is 2. The van der Waals surface area contributed by atoms with Crippen molar-refractivity contribution in [3.8, 4) is 0 Å². The Balaban J connectivity index is 2.07. The number of anilines is 3. The van der Waals surface area contributed by atoms with Crippen LogP contribution in [0.1, 0.15) is 5.56 Å². The number of carbonyl (C=O) groups is 1. The third-order valence-corrected chi connectivity index (χ3v) is 2.51. The lowest BCUT2D eigenvalue weighted by Crippen LogP contribution is -2.20. The monoisotopic (exact) mass is 259 g/mol. The Morgan fingerprint density at radius 1 is 1.16 bits per heavy atom. The Bertz CT molecular complexity index is 613. The summed E-state index contributed by atoms with van der Waals surface area (Å²) < 4.78 is 13.4. The molecule has 0 aromatic heterocycles. The van der Waals surface area contributed by atoms with Crippen molar-refractivity contribution in [1.82, 2.24) is 0 Å². The first kappa shape index (κ1) is 12.9. The smallest absolute Gasteiger partial charge is 0.323 e. The van der Waals surface area contributed by atoms with Gasteiger partial charge in [-0.3, -0.25) is 0 Å². The summed E-state index contributed by atoms with van der Waals surface area (Å²) in [6.07, 6.45) is 0. The first-order valence-electron chi connectivity index (χ1n) is 5.74. The second-order valence-corrected chi connectivity index (χ2v) is 4.19. The van der Waals surface area contributed by atoms with Crippen LogP contribution in [0, 0.1) is 12.7 Å². The molecule has 0 saturated heterocycles. The summed E-state index contributed by atoms with van der Waals surface area (Å²) in [5, 5.41) is 5.03. The fourth-order valence-corrected chi connectivity index (χ4v) is 1.65. The van der Waals surface area contributed by atoms with E-state index >= 15 is 0 Å². The molecule has 4 nitrogen and oxygen atoms in total. The minimum Gasteiger partial charge on any atom is -0.399 e. The highest BCUT2D eigenvalue weighted by atomic mass is 19.1. The van der Waals surface area contributed by atoms with Gasteiger partial charge in [-0.2, -0.15) is 0 Å². The van der Waals surface area contributed by atoms with Gasteiger partial charge in [-0.05, 0) is 42.8 Å². The van der Waals surface area contributed by atoms with Gasteiger partial charge in [0.15, 0.2) is 0 Å². The van der Waals surface area contributed by atoms with Gasteiger partial charge in [-0.15, -0.1) is 0 Å². The quantitative estimate of drug-likeness (QED) is 0.724. The number of amides is 2. The molecule has 0 spiro atoms. The lowest BCUT2D eigenvalue weighted by atomic mass is 10.2. The van der Waals surface area contributed by atoms with Crippen molar-refractivity contribution in [2.45, 2.75) is 6.92 Å². The van der Waals surface area contributed by atoms with E-state index in [4.69, 9.17) is 5.73 Å². The standard InChI is InChI=1S/C14H14FN3O/c1-9-3-2-4-11(7-9)17-14(19)18-13-8-10(16)5-6-12(13)15/h2-8H,16H2,1H3,(H2,17,18,19). The fourth-order valence-electron chi connectivity index (χ4n) is 1.65. The highest BCUT2D eigenvalue weighted by Gasteiger charge is 2.07. The van der Waals surface area contributed by atoms with Gasteiger partial charge in [-0.1, -0.05) is 12.1 Å². The fraction of sp³-hybridized carbons (Fsp3) is 0.0714. The highest BCUT2D eigenvalue weighted by Crippen LogP contribution is 2.18. The largest absolute Gasteiger partial charge is 0.399 e. The normalized spacial score (nSPS) is 10.0. The van der Waals surface area contributed by atoms with Gasteiger partial charge in [0.25, 0.3) is 0 Å². The number of carbonyl (C=O) groups excluding carboxylic acids is 1. The predicted octanol–water partition coefficient (Wildman–Crippen LogP) is 3.36. The second-order valence-electron chi connectivity index (χ2n) is 4.19. The topological polar surface area (TPSA) is 67.2 Å². The molecule has 2 aromatic rings. The molecule has 4 N–H and O–H groups in total. The van der Waals surface area contributed by atoms with Crippen LogP contribution in [0.15, 0.2) is 42.5 Å². The second kappa shape index (κ2) is 5.39. The predicted molar refractivity (Wildman–Crippen MR) is 74.6 cm³/mol. The maximum Gasteiger partial charge on any atom is 0.323 e. The van der Waals surface area contributed by atoms with Crippen molar-refractivity contribution < 1.29 is 9.18 Å². The average Bonchev–Trinajstić information content (AvgIpc) is 2.34. The molecule has 0 fully saturated rings. The van der Waals surface area contributed by atoms with Crippen LogP contribution in [-0.2, 0) is 0 Å². The molecule has 19 heavy (non-hydrogen) atoms. The highest BCUT2D eigenvalue weighted by molar-refractivity contribution is 6.00. The molecule has 0 radical (unpaired) electrons. The van der Waals surface area contributed by atoms with E-state index in [-0.39, 0.29) is 5.69 Å². The van der Waals surface area contributed by atoms with E-state index in [0.29, 0.717) is 11.4 Å². The molecular formula is C14H14FN3O. The average molecular weight is 259 g/mol. The van der Waals surface area contributed by atoms with Crippen molar-refractivity contribution in [3.05, 3.63) is 53.8 Å². The first-order valence-corrected chi connectivity index (χ1v) is 5.74. The zero-order valence-corrected chi connectivity index (χ0v) is 10.4. The summed E-state index contributed by atoms with van der Waals surface area (Å²) >= 11 is 0. The van der Waals surface area contributed by atoms with Crippen molar-refractivity contribution in [3.63, 3.8) is 0 Å². The first-order chi connectivity index (χ1) is 9.04. The van der Waals surface area contributed by atoms with E-state index in [9.17, 15) is 9.18 Å². The molecule has 0 aliphatic carbocycles. The van der Waals surface area contributed by atoms with E-state index in [1.165, 1.54) is 18.2 Å². The number of urea groups is 1. The van der Waals surface area contributed by atoms with Crippen molar-refractivity contribution in [1.29, 1.82) is 0 Å². The van der Waals surface area contributed by atoms with Crippen molar-refractivity contribution in [2.24, 2.45) is 0 Å². The van der Waals surface area contributed by atoms with Gasteiger partial charge < -0.3 is 16.4 Å². The van der Waals surface area contributed by atoms with Gasteiger partial charge in [0, 0.05) is 11.4 Å². The third kappa shape index (κ3) is 3.45. The molecule has 0 bridgehead atoms. The van der Waals surface area contributed by atoms with Crippen molar-refractivity contribution >= 4 is 23.1 Å². The van der Waals surface area contributed by atoms with E-state index in [2.05, 4.69) is 10.6 Å². The Morgan fingerprint density at radius 3 is 2.68 bits per heavy atom. The molecule has 5 heteroatoms. The van der Waals surface area contributed by atoms with E-state index < -0.39 is 11.8 Å². The summed E-state index contributed by atoms with van der Waals surface area (Å²) in [6.45, 7) is 1.92. The molecule has 0 heterocycles.